The minimum absolute atomic E-state index is 0.890. The largest absolute Gasteiger partial charge is 0.477 e. The minimum Gasteiger partial charge on any atom is -0.477 e. The highest BCUT2D eigenvalue weighted by Crippen LogP contribution is 2.42. The summed E-state index contributed by atoms with van der Waals surface area (Å²) in [4.78, 5) is 64.0. The monoisotopic (exact) mass is 1140 g/mol. The van der Waals surface area contributed by atoms with Crippen LogP contribution in [0, 0.1) is 0 Å². The first-order chi connectivity index (χ1) is 36.6. The number of amides is 3. The van der Waals surface area contributed by atoms with E-state index < -0.39 is 247 Å². The predicted octanol–water partition coefficient (Wildman–Crippen LogP) is -14.1. The van der Waals surface area contributed by atoms with Gasteiger partial charge in [0.15, 0.2) is 18.9 Å². The van der Waals surface area contributed by atoms with Crippen molar-refractivity contribution in [2.45, 2.75) is 191 Å². The molecule has 0 radical (unpaired) electrons. The predicted molar refractivity (Wildman–Crippen MR) is 237 cm³/mol. The molecule has 0 unspecified atom stereocenters. The average molecular weight is 1140 g/mol. The number of hydrogen-bond acceptors (Lipinski definition) is 31. The van der Waals surface area contributed by atoms with Crippen LogP contribution < -0.4 is 16.0 Å². The molecule has 22 N–H and O–H groups in total. The molecule has 0 aromatic rings. The third-order valence-corrected chi connectivity index (χ3v) is 13.6. The molecule has 5 aliphatic rings. The van der Waals surface area contributed by atoms with Gasteiger partial charge in [0.25, 0.3) is 11.6 Å². The Morgan fingerprint density at radius 1 is 0.551 bits per heavy atom. The third kappa shape index (κ3) is 14.0. The zero-order valence-corrected chi connectivity index (χ0v) is 41.3. The number of aliphatic hydroxyl groups is 17. The maximum absolute atomic E-state index is 13.8. The second kappa shape index (κ2) is 27.4. The lowest BCUT2D eigenvalue weighted by Crippen LogP contribution is -2.72. The molecule has 36 nitrogen and oxygen atoms in total. The number of nitrogens with one attached hydrogen (secondary N) is 3. The van der Waals surface area contributed by atoms with Crippen molar-refractivity contribution < 1.29 is 164 Å². The van der Waals surface area contributed by atoms with Gasteiger partial charge in [0, 0.05) is 26.7 Å². The zero-order valence-electron chi connectivity index (χ0n) is 41.3. The standard InChI is InChI=1S/C42H69N3O33/c1-11(52)43-21-13(54)3-41(39(66)67,76-33(21)24(58)15(56)5-46)75-17(7-48)26(60)34-22(45-20(57)10-51)14(55)4-42(77-34,40(68)69)78-35-30(64)38(73-31-18(8-49)70-36(65)29(63)28(31)62)72-19(9-50)32(35)74-37-23(44-12(2)53)27(61)25(59)16(6-47)71-37/h13-19,21-38,46-51,54-56,58-65H,3-10H2,1-2H3,(H,43,52)(H,44,53)(H,45,57)(H,66,67)(H,68,69)/t13-,14-,15+,16+,17+,18+,19+,21+,22+,23+,24+,25-,26+,27+,28+,29+,30+,31+,32-,33+,34+,35+,36+,37-,38-,41+,42-/m0/s1. The molecule has 0 spiro atoms. The van der Waals surface area contributed by atoms with Gasteiger partial charge in [-0.25, -0.2) is 9.59 Å². The van der Waals surface area contributed by atoms with E-state index in [-0.39, 0.29) is 0 Å². The van der Waals surface area contributed by atoms with Crippen molar-refractivity contribution in [3.05, 3.63) is 0 Å². The van der Waals surface area contributed by atoms with Crippen LogP contribution in [0.3, 0.4) is 0 Å². The van der Waals surface area contributed by atoms with Crippen LogP contribution in [0.2, 0.25) is 0 Å². The van der Waals surface area contributed by atoms with Crippen molar-refractivity contribution in [3.8, 4) is 0 Å². The second-order valence-electron chi connectivity index (χ2n) is 19.0. The summed E-state index contributed by atoms with van der Waals surface area (Å²) in [6.07, 6.45) is -51.6. The summed E-state index contributed by atoms with van der Waals surface area (Å²) in [5, 5.41) is 210. The van der Waals surface area contributed by atoms with Crippen LogP contribution in [0.15, 0.2) is 0 Å². The fraction of sp³-hybridized carbons (Fsp3) is 0.881. The molecule has 0 aliphatic carbocycles. The molecular formula is C42H69N3O33. The van der Waals surface area contributed by atoms with Crippen LogP contribution in [0.5, 0.6) is 0 Å². The molecule has 0 aromatic heterocycles. The van der Waals surface area contributed by atoms with E-state index in [1.165, 1.54) is 0 Å². The van der Waals surface area contributed by atoms with Gasteiger partial charge in [0.2, 0.25) is 17.7 Å². The molecule has 27 atom stereocenters. The highest BCUT2D eigenvalue weighted by molar-refractivity contribution is 5.78. The third-order valence-electron chi connectivity index (χ3n) is 13.6. The second-order valence-corrected chi connectivity index (χ2v) is 19.0. The first kappa shape index (κ1) is 65.1. The number of carboxylic acids is 2. The summed E-state index contributed by atoms with van der Waals surface area (Å²) >= 11 is 0. The Kier molecular flexibility index (Phi) is 22.9. The molecule has 0 aromatic carbocycles. The van der Waals surface area contributed by atoms with E-state index in [1.54, 1.807) is 0 Å². The normalized spacial score (nSPS) is 42.8. The molecule has 5 aliphatic heterocycles. The highest BCUT2D eigenvalue weighted by atomic mass is 16.8. The summed E-state index contributed by atoms with van der Waals surface area (Å²) in [6, 6.07) is -5.76. The highest BCUT2D eigenvalue weighted by Gasteiger charge is 2.63. The van der Waals surface area contributed by atoms with Gasteiger partial charge in [-0.05, 0) is 0 Å². The lowest BCUT2D eigenvalue weighted by Gasteiger charge is -2.52. The number of carbonyl (C=O) groups excluding carboxylic acids is 3. The van der Waals surface area contributed by atoms with Gasteiger partial charge in [-0.1, -0.05) is 0 Å². The summed E-state index contributed by atoms with van der Waals surface area (Å²) in [5.74, 6) is -14.6. The molecular weight excluding hydrogens is 1070 g/mol. The topological polar surface area (TPSA) is 589 Å². The van der Waals surface area contributed by atoms with Crippen molar-refractivity contribution in [2.75, 3.05) is 39.6 Å². The summed E-state index contributed by atoms with van der Waals surface area (Å²) in [6.45, 7) is -5.63. The summed E-state index contributed by atoms with van der Waals surface area (Å²) in [7, 11) is 0. The van der Waals surface area contributed by atoms with Gasteiger partial charge in [-0.2, -0.15) is 0 Å². The molecule has 36 heteroatoms. The van der Waals surface area contributed by atoms with E-state index in [0.29, 0.717) is 0 Å². The lowest BCUT2D eigenvalue weighted by atomic mass is 9.87. The minimum atomic E-state index is -3.60. The smallest absolute Gasteiger partial charge is 0.364 e. The number of carbonyl (C=O) groups is 5. The van der Waals surface area contributed by atoms with Gasteiger partial charge in [0.1, 0.15) is 116 Å². The maximum atomic E-state index is 13.8. The van der Waals surface area contributed by atoms with Crippen molar-refractivity contribution in [3.63, 3.8) is 0 Å². The summed E-state index contributed by atoms with van der Waals surface area (Å²) in [5.41, 5.74) is 0. The maximum Gasteiger partial charge on any atom is 0.364 e. The van der Waals surface area contributed by atoms with Gasteiger partial charge in [-0.15, -0.1) is 0 Å². The van der Waals surface area contributed by atoms with E-state index in [4.69, 9.17) is 42.6 Å². The van der Waals surface area contributed by atoms with Crippen LogP contribution in [0.25, 0.3) is 0 Å². The van der Waals surface area contributed by atoms with Crippen molar-refractivity contribution in [1.29, 1.82) is 0 Å². The van der Waals surface area contributed by atoms with E-state index in [1.807, 2.05) is 5.32 Å². The molecule has 5 fully saturated rings. The van der Waals surface area contributed by atoms with Crippen LogP contribution in [-0.2, 0) is 66.6 Å². The lowest BCUT2D eigenvalue weighted by molar-refractivity contribution is -0.401. The van der Waals surface area contributed by atoms with Crippen LogP contribution in [0.1, 0.15) is 26.7 Å². The van der Waals surface area contributed by atoms with Crippen LogP contribution in [0.4, 0.5) is 0 Å². The molecule has 5 heterocycles. The van der Waals surface area contributed by atoms with Gasteiger partial charge in [0.05, 0.1) is 57.3 Å². The number of aliphatic carboxylic acids is 2. The van der Waals surface area contributed by atoms with E-state index in [9.17, 15) is 121 Å². The van der Waals surface area contributed by atoms with Gasteiger partial charge >= 0.3 is 11.9 Å². The number of ether oxygens (including phenoxy) is 9. The molecule has 0 bridgehead atoms. The Bertz CT molecular complexity index is 2020. The SMILES string of the molecule is CC(=O)N[C@H]1[C@H](O[C@@H]2[C@H](O[C@]3(C(=O)O)C[C@H](O)[C@@H](NC(=O)CO)[C@H]([C@H](O)[C@@H](CO)O[C@]4(C(=O)O)C[C@H](O)[C@@H](NC(C)=O)[C@H]([C@H](O)[C@H](O)CO)O4)O3)[C@@H](O)[C@H](O[C@H]3[C@H](O)[C@@H](O)[C@H](O)O[C@@H]3CO)O[C@@H]2CO)O[C@H](CO)[C@H](O)[C@@H]1O. The number of hydrogen-bond donors (Lipinski definition) is 22. The molecule has 3 amide bonds. The molecule has 78 heavy (non-hydrogen) atoms. The van der Waals surface area contributed by atoms with Crippen molar-refractivity contribution >= 4 is 29.7 Å². The van der Waals surface area contributed by atoms with Crippen molar-refractivity contribution in [1.82, 2.24) is 16.0 Å². The Labute approximate surface area is 439 Å². The molecule has 5 rings (SSSR count). The first-order valence-corrected chi connectivity index (χ1v) is 24.0. The van der Waals surface area contributed by atoms with Crippen LogP contribution in [-0.4, -0.2) is 331 Å². The average Bonchev–Trinajstić information content (AvgIpc) is 3.48. The Morgan fingerprint density at radius 3 is 1.58 bits per heavy atom. The quantitative estimate of drug-likeness (QED) is 0.0452. The Hall–Kier alpha value is -3.69. The number of aliphatic hydroxyl groups excluding tert-OH is 17. The van der Waals surface area contributed by atoms with Crippen LogP contribution >= 0.6 is 0 Å². The van der Waals surface area contributed by atoms with Crippen molar-refractivity contribution in [2.24, 2.45) is 0 Å². The van der Waals surface area contributed by atoms with E-state index >= 15 is 0 Å². The Balaban J connectivity index is 1.63. The number of carboxylic acid groups (broad SMARTS) is 2. The number of rotatable bonds is 23. The van der Waals surface area contributed by atoms with Gasteiger partial charge in [-0.3, -0.25) is 14.4 Å². The van der Waals surface area contributed by atoms with E-state index in [0.717, 1.165) is 13.8 Å². The van der Waals surface area contributed by atoms with E-state index in [2.05, 4.69) is 10.6 Å². The fourth-order valence-electron chi connectivity index (χ4n) is 9.64. The van der Waals surface area contributed by atoms with Gasteiger partial charge < -0.3 is 156 Å². The Morgan fingerprint density at radius 2 is 1.05 bits per heavy atom. The molecule has 450 valence electrons. The molecule has 5 saturated heterocycles. The fourth-order valence-corrected chi connectivity index (χ4v) is 9.64. The molecule has 0 saturated carbocycles. The zero-order chi connectivity index (χ0) is 58.5. The summed E-state index contributed by atoms with van der Waals surface area (Å²) < 4.78 is 51.3. The first-order valence-electron chi connectivity index (χ1n) is 24.0.